The van der Waals surface area contributed by atoms with Gasteiger partial charge < -0.3 is 4.90 Å². The van der Waals surface area contributed by atoms with Crippen LogP contribution in [0.2, 0.25) is 5.28 Å². The van der Waals surface area contributed by atoms with Gasteiger partial charge in [0.15, 0.2) is 0 Å². The van der Waals surface area contributed by atoms with Gasteiger partial charge in [0, 0.05) is 18.1 Å². The van der Waals surface area contributed by atoms with Crippen LogP contribution in [0.5, 0.6) is 0 Å². The van der Waals surface area contributed by atoms with E-state index in [1.54, 1.807) is 0 Å². The third-order valence-electron chi connectivity index (χ3n) is 3.61. The van der Waals surface area contributed by atoms with Gasteiger partial charge >= 0.3 is 0 Å². The molecule has 0 radical (unpaired) electrons. The van der Waals surface area contributed by atoms with Gasteiger partial charge in [0.2, 0.25) is 5.28 Å². The van der Waals surface area contributed by atoms with E-state index < -0.39 is 0 Å². The van der Waals surface area contributed by atoms with Crippen LogP contribution < -0.4 is 4.90 Å². The second-order valence-electron chi connectivity index (χ2n) is 4.91. The minimum Gasteiger partial charge on any atom is -0.329 e. The van der Waals surface area contributed by atoms with E-state index >= 15 is 0 Å². The minimum absolute atomic E-state index is 0.265. The van der Waals surface area contributed by atoms with E-state index in [2.05, 4.69) is 41.2 Å². The van der Waals surface area contributed by atoms with Crippen molar-refractivity contribution < 1.29 is 0 Å². The molecule has 0 aliphatic rings. The molecular formula is C17H16ClN3. The number of rotatable bonds is 3. The molecule has 0 fully saturated rings. The van der Waals surface area contributed by atoms with E-state index in [-0.39, 0.29) is 5.28 Å². The molecule has 0 saturated carbocycles. The Labute approximate surface area is 129 Å². The second kappa shape index (κ2) is 5.70. The fourth-order valence-electron chi connectivity index (χ4n) is 2.37. The maximum Gasteiger partial charge on any atom is 0.224 e. The van der Waals surface area contributed by atoms with Crippen molar-refractivity contribution in [2.24, 2.45) is 0 Å². The molecule has 3 nitrogen and oxygen atoms in total. The Hall–Kier alpha value is -2.13. The van der Waals surface area contributed by atoms with Crippen LogP contribution in [0.1, 0.15) is 12.5 Å². The molecule has 4 heteroatoms. The van der Waals surface area contributed by atoms with Crippen molar-refractivity contribution in [3.05, 3.63) is 59.4 Å². The Bertz CT molecular complexity index is 769. The SMILES string of the molecule is CCc1ccc(N(C)c2nc(Cl)nc3ccccc23)cc1. The molecule has 0 bridgehead atoms. The zero-order chi connectivity index (χ0) is 14.8. The Morgan fingerprint density at radius 1 is 1.00 bits per heavy atom. The summed E-state index contributed by atoms with van der Waals surface area (Å²) in [5.74, 6) is 0.815. The monoisotopic (exact) mass is 297 g/mol. The number of fused-ring (bicyclic) bond motifs is 1. The van der Waals surface area contributed by atoms with Crippen molar-refractivity contribution in [2.75, 3.05) is 11.9 Å². The smallest absolute Gasteiger partial charge is 0.224 e. The third kappa shape index (κ3) is 2.69. The number of aryl methyl sites for hydroxylation is 1. The summed E-state index contributed by atoms with van der Waals surface area (Å²) in [6.07, 6.45) is 1.03. The summed E-state index contributed by atoms with van der Waals surface area (Å²) in [6.45, 7) is 2.15. The van der Waals surface area contributed by atoms with E-state index in [9.17, 15) is 0 Å². The second-order valence-corrected chi connectivity index (χ2v) is 5.25. The van der Waals surface area contributed by atoms with Gasteiger partial charge in [-0.05, 0) is 47.9 Å². The van der Waals surface area contributed by atoms with E-state index in [1.165, 1.54) is 5.56 Å². The molecule has 0 N–H and O–H groups in total. The standard InChI is InChI=1S/C17H16ClN3/c1-3-12-8-10-13(11-9-12)21(2)16-14-6-4-5-7-15(14)19-17(18)20-16/h4-11H,3H2,1-2H3. The van der Waals surface area contributed by atoms with Gasteiger partial charge in [-0.2, -0.15) is 4.98 Å². The van der Waals surface area contributed by atoms with Crippen LogP contribution in [0.4, 0.5) is 11.5 Å². The molecule has 2 aromatic carbocycles. The first-order chi connectivity index (χ1) is 10.2. The predicted octanol–water partition coefficient (Wildman–Crippen LogP) is 4.61. The summed E-state index contributed by atoms with van der Waals surface area (Å²) in [5.41, 5.74) is 3.24. The lowest BCUT2D eigenvalue weighted by molar-refractivity contribution is 1.10. The number of hydrogen-bond acceptors (Lipinski definition) is 3. The van der Waals surface area contributed by atoms with E-state index in [4.69, 9.17) is 11.6 Å². The quantitative estimate of drug-likeness (QED) is 0.661. The molecule has 3 aromatic rings. The van der Waals surface area contributed by atoms with E-state index in [0.29, 0.717) is 0 Å². The highest BCUT2D eigenvalue weighted by Crippen LogP contribution is 2.29. The highest BCUT2D eigenvalue weighted by Gasteiger charge is 2.12. The molecule has 0 atom stereocenters. The summed E-state index contributed by atoms with van der Waals surface area (Å²) in [5, 5.41) is 1.25. The minimum atomic E-state index is 0.265. The van der Waals surface area contributed by atoms with Crippen molar-refractivity contribution in [1.29, 1.82) is 0 Å². The number of para-hydroxylation sites is 1. The average Bonchev–Trinajstić information content (AvgIpc) is 2.53. The fourth-order valence-corrected chi connectivity index (χ4v) is 2.54. The van der Waals surface area contributed by atoms with Gasteiger partial charge in [0.1, 0.15) is 5.82 Å². The van der Waals surface area contributed by atoms with Crippen LogP contribution >= 0.6 is 11.6 Å². The van der Waals surface area contributed by atoms with Gasteiger partial charge in [-0.25, -0.2) is 4.98 Å². The predicted molar refractivity (Wildman–Crippen MR) is 88.4 cm³/mol. The molecule has 1 aromatic heterocycles. The van der Waals surface area contributed by atoms with Gasteiger partial charge in [-0.15, -0.1) is 0 Å². The van der Waals surface area contributed by atoms with E-state index in [1.807, 2.05) is 36.2 Å². The lowest BCUT2D eigenvalue weighted by Crippen LogP contribution is -2.12. The summed E-state index contributed by atoms with van der Waals surface area (Å²) in [6, 6.07) is 16.4. The van der Waals surface area contributed by atoms with E-state index in [0.717, 1.165) is 28.8 Å². The molecule has 106 valence electrons. The Morgan fingerprint density at radius 2 is 1.71 bits per heavy atom. The van der Waals surface area contributed by atoms with Crippen molar-refractivity contribution in [1.82, 2.24) is 9.97 Å². The molecule has 0 aliphatic carbocycles. The van der Waals surface area contributed by atoms with Gasteiger partial charge in [-0.1, -0.05) is 31.2 Å². The van der Waals surface area contributed by atoms with Crippen molar-refractivity contribution in [3.63, 3.8) is 0 Å². The molecule has 0 unspecified atom stereocenters. The van der Waals surface area contributed by atoms with Crippen molar-refractivity contribution in [2.45, 2.75) is 13.3 Å². The Morgan fingerprint density at radius 3 is 2.43 bits per heavy atom. The average molecular weight is 298 g/mol. The zero-order valence-electron chi connectivity index (χ0n) is 12.0. The summed E-state index contributed by atoms with van der Waals surface area (Å²) in [7, 11) is 1.99. The summed E-state index contributed by atoms with van der Waals surface area (Å²) >= 11 is 6.05. The fraction of sp³-hybridized carbons (Fsp3) is 0.176. The zero-order valence-corrected chi connectivity index (χ0v) is 12.8. The molecule has 0 spiro atoms. The highest BCUT2D eigenvalue weighted by molar-refractivity contribution is 6.28. The van der Waals surface area contributed by atoms with Crippen molar-refractivity contribution in [3.8, 4) is 0 Å². The largest absolute Gasteiger partial charge is 0.329 e. The van der Waals surface area contributed by atoms with Crippen LogP contribution in [0.25, 0.3) is 10.9 Å². The molecule has 21 heavy (non-hydrogen) atoms. The molecule has 0 amide bonds. The number of halogens is 1. The Balaban J connectivity index is 2.09. The van der Waals surface area contributed by atoms with Crippen LogP contribution in [0.3, 0.4) is 0 Å². The number of anilines is 2. The summed E-state index contributed by atoms with van der Waals surface area (Å²) < 4.78 is 0. The Kier molecular flexibility index (Phi) is 3.76. The van der Waals surface area contributed by atoms with Gasteiger partial charge in [0.25, 0.3) is 0 Å². The highest BCUT2D eigenvalue weighted by atomic mass is 35.5. The van der Waals surface area contributed by atoms with Crippen LogP contribution in [-0.4, -0.2) is 17.0 Å². The van der Waals surface area contributed by atoms with Crippen LogP contribution in [0.15, 0.2) is 48.5 Å². The molecule has 0 aliphatic heterocycles. The van der Waals surface area contributed by atoms with Gasteiger partial charge in [-0.3, -0.25) is 0 Å². The first-order valence-electron chi connectivity index (χ1n) is 6.94. The lowest BCUT2D eigenvalue weighted by Gasteiger charge is -2.20. The number of nitrogens with zero attached hydrogens (tertiary/aromatic N) is 3. The first kappa shape index (κ1) is 13.8. The topological polar surface area (TPSA) is 29.0 Å². The number of hydrogen-bond donors (Lipinski definition) is 0. The van der Waals surface area contributed by atoms with Gasteiger partial charge in [0.05, 0.1) is 5.52 Å². The number of aromatic nitrogens is 2. The lowest BCUT2D eigenvalue weighted by atomic mass is 10.1. The first-order valence-corrected chi connectivity index (χ1v) is 7.32. The summed E-state index contributed by atoms with van der Waals surface area (Å²) in [4.78, 5) is 10.7. The molecule has 1 heterocycles. The van der Waals surface area contributed by atoms with Crippen LogP contribution in [-0.2, 0) is 6.42 Å². The van der Waals surface area contributed by atoms with Crippen molar-refractivity contribution >= 4 is 34.0 Å². The number of benzene rings is 2. The maximum absolute atomic E-state index is 6.05. The molecule has 3 rings (SSSR count). The third-order valence-corrected chi connectivity index (χ3v) is 3.77. The maximum atomic E-state index is 6.05. The molecule has 0 saturated heterocycles. The normalized spacial score (nSPS) is 10.8. The van der Waals surface area contributed by atoms with Crippen LogP contribution in [0, 0.1) is 0 Å². The molecular weight excluding hydrogens is 282 g/mol.